The normalized spacial score (nSPS) is 11.1. The van der Waals surface area contributed by atoms with Gasteiger partial charge < -0.3 is 14.8 Å². The van der Waals surface area contributed by atoms with Gasteiger partial charge in [-0.2, -0.15) is 5.10 Å². The fraction of sp³-hybridized carbons (Fsp3) is 0.120. The molecule has 0 aliphatic heterocycles. The number of carbonyl (C=O) groups excluding carboxylic acids is 1. The molecule has 0 aliphatic carbocycles. The van der Waals surface area contributed by atoms with Gasteiger partial charge >= 0.3 is 0 Å². The Bertz CT molecular complexity index is 1450. The van der Waals surface area contributed by atoms with Gasteiger partial charge in [-0.25, -0.2) is 13.1 Å². The lowest BCUT2D eigenvalue weighted by Gasteiger charge is -2.13. The topological polar surface area (TPSA) is 112 Å². The van der Waals surface area contributed by atoms with Crippen molar-refractivity contribution in [2.45, 2.75) is 11.8 Å². The van der Waals surface area contributed by atoms with Crippen molar-refractivity contribution < 1.29 is 22.7 Å². The number of anilines is 2. The number of amides is 1. The minimum atomic E-state index is -3.92. The Kier molecular flexibility index (Phi) is 6.74. The molecule has 0 fully saturated rings. The van der Waals surface area contributed by atoms with Gasteiger partial charge in [0.15, 0.2) is 11.4 Å². The summed E-state index contributed by atoms with van der Waals surface area (Å²) in [6.45, 7) is 1.68. The Labute approximate surface area is 203 Å². The van der Waals surface area contributed by atoms with Crippen molar-refractivity contribution in [1.29, 1.82) is 0 Å². The summed E-state index contributed by atoms with van der Waals surface area (Å²) >= 11 is 0. The number of hydrogen-bond donors (Lipinski definition) is 2. The number of carbonyl (C=O) groups is 1. The molecular weight excluding hydrogens is 468 g/mol. The molecule has 0 atom stereocenters. The fourth-order valence-electron chi connectivity index (χ4n) is 3.40. The Balaban J connectivity index is 1.58. The summed E-state index contributed by atoms with van der Waals surface area (Å²) in [6.07, 6.45) is 1.61. The smallest absolute Gasteiger partial charge is 0.280 e. The average molecular weight is 493 g/mol. The summed E-state index contributed by atoms with van der Waals surface area (Å²) in [5, 5.41) is 7.06. The number of rotatable bonds is 8. The van der Waals surface area contributed by atoms with Crippen molar-refractivity contribution in [3.05, 3.63) is 90.3 Å². The minimum absolute atomic E-state index is 0.0351. The van der Waals surface area contributed by atoms with E-state index in [1.807, 2.05) is 30.3 Å². The number of benzene rings is 3. The molecule has 0 radical (unpaired) electrons. The van der Waals surface area contributed by atoms with Gasteiger partial charge in [0.05, 0.1) is 31.0 Å². The number of methoxy groups -OCH3 is 2. The van der Waals surface area contributed by atoms with E-state index in [0.29, 0.717) is 22.7 Å². The van der Waals surface area contributed by atoms with Crippen molar-refractivity contribution >= 4 is 27.3 Å². The van der Waals surface area contributed by atoms with Crippen LogP contribution >= 0.6 is 0 Å². The summed E-state index contributed by atoms with van der Waals surface area (Å²) in [7, 11) is -0.937. The number of ether oxygens (including phenoxy) is 2. The number of hydrogen-bond acceptors (Lipinski definition) is 6. The second kappa shape index (κ2) is 9.90. The summed E-state index contributed by atoms with van der Waals surface area (Å²) in [4.78, 5) is 13.0. The highest BCUT2D eigenvalue weighted by atomic mass is 32.2. The Morgan fingerprint density at radius 3 is 2.26 bits per heavy atom. The molecule has 1 aromatic heterocycles. The molecule has 180 valence electrons. The molecular formula is C25H24N4O5S. The van der Waals surface area contributed by atoms with E-state index in [1.54, 1.807) is 49.5 Å². The number of aromatic nitrogens is 2. The number of nitrogens with zero attached hydrogens (tertiary/aromatic N) is 2. The Morgan fingerprint density at radius 1 is 0.914 bits per heavy atom. The average Bonchev–Trinajstić information content (AvgIpc) is 3.31. The molecule has 35 heavy (non-hydrogen) atoms. The predicted molar refractivity (Wildman–Crippen MR) is 133 cm³/mol. The molecule has 9 nitrogen and oxygen atoms in total. The van der Waals surface area contributed by atoms with E-state index in [4.69, 9.17) is 9.47 Å². The molecule has 1 heterocycles. The molecule has 3 aromatic carbocycles. The molecule has 1 amide bonds. The third-order valence-corrected chi connectivity index (χ3v) is 6.74. The van der Waals surface area contributed by atoms with Gasteiger partial charge in [0, 0.05) is 11.4 Å². The van der Waals surface area contributed by atoms with Crippen molar-refractivity contribution in [2.24, 2.45) is 0 Å². The minimum Gasteiger partial charge on any atom is -0.497 e. The number of sulfonamides is 1. The van der Waals surface area contributed by atoms with Crippen LogP contribution in [0.15, 0.2) is 83.9 Å². The van der Waals surface area contributed by atoms with Crippen molar-refractivity contribution in [3.63, 3.8) is 0 Å². The van der Waals surface area contributed by atoms with Crippen LogP contribution in [0.4, 0.5) is 11.4 Å². The van der Waals surface area contributed by atoms with E-state index in [9.17, 15) is 13.2 Å². The molecule has 0 bridgehead atoms. The number of nitrogens with one attached hydrogen (secondary N) is 2. The molecule has 0 aliphatic rings. The first-order valence-corrected chi connectivity index (χ1v) is 12.1. The van der Waals surface area contributed by atoms with E-state index in [0.717, 1.165) is 5.69 Å². The van der Waals surface area contributed by atoms with Crippen LogP contribution in [0.3, 0.4) is 0 Å². The van der Waals surface area contributed by atoms with E-state index in [1.165, 1.54) is 25.0 Å². The van der Waals surface area contributed by atoms with Gasteiger partial charge in [0.1, 0.15) is 5.75 Å². The van der Waals surface area contributed by atoms with E-state index >= 15 is 0 Å². The maximum atomic E-state index is 13.1. The van der Waals surface area contributed by atoms with Crippen LogP contribution in [0.5, 0.6) is 11.5 Å². The van der Waals surface area contributed by atoms with Gasteiger partial charge in [0.2, 0.25) is 0 Å². The van der Waals surface area contributed by atoms with Crippen LogP contribution in [-0.4, -0.2) is 38.3 Å². The first-order chi connectivity index (χ1) is 16.8. The molecule has 4 rings (SSSR count). The lowest BCUT2D eigenvalue weighted by molar-refractivity contribution is 0.101. The highest BCUT2D eigenvalue weighted by molar-refractivity contribution is 7.92. The van der Waals surface area contributed by atoms with Gasteiger partial charge in [-0.3, -0.25) is 9.52 Å². The largest absolute Gasteiger partial charge is 0.497 e. The zero-order chi connectivity index (χ0) is 25.0. The SMILES string of the molecule is COc1ccc(NS(=O)(=O)c2cc(NC(=O)c3nn(-c4ccccc4)cc3OC)ccc2C)cc1. The van der Waals surface area contributed by atoms with E-state index in [-0.39, 0.29) is 16.3 Å². The first-order valence-electron chi connectivity index (χ1n) is 10.6. The number of aryl methyl sites for hydroxylation is 1. The summed E-state index contributed by atoms with van der Waals surface area (Å²) < 4.78 is 40.6. The maximum Gasteiger partial charge on any atom is 0.280 e. The summed E-state index contributed by atoms with van der Waals surface area (Å²) in [5.41, 5.74) is 2.04. The van der Waals surface area contributed by atoms with Crippen molar-refractivity contribution in [2.75, 3.05) is 24.3 Å². The van der Waals surface area contributed by atoms with Gasteiger partial charge in [0.25, 0.3) is 15.9 Å². The van der Waals surface area contributed by atoms with Crippen LogP contribution in [-0.2, 0) is 10.0 Å². The van der Waals surface area contributed by atoms with Gasteiger partial charge in [-0.05, 0) is 61.0 Å². The van der Waals surface area contributed by atoms with Crippen molar-refractivity contribution in [3.8, 4) is 17.2 Å². The molecule has 0 saturated heterocycles. The van der Waals surface area contributed by atoms with E-state index < -0.39 is 15.9 Å². The second-order valence-corrected chi connectivity index (χ2v) is 9.25. The quantitative estimate of drug-likeness (QED) is 0.380. The number of para-hydroxylation sites is 1. The molecule has 2 N–H and O–H groups in total. The molecule has 4 aromatic rings. The zero-order valence-corrected chi connectivity index (χ0v) is 20.2. The monoisotopic (exact) mass is 492 g/mol. The van der Waals surface area contributed by atoms with Crippen LogP contribution < -0.4 is 19.5 Å². The Hall–Kier alpha value is -4.31. The maximum absolute atomic E-state index is 13.1. The molecule has 10 heteroatoms. The van der Waals surface area contributed by atoms with Crippen molar-refractivity contribution in [1.82, 2.24) is 9.78 Å². The van der Waals surface area contributed by atoms with Crippen LogP contribution in [0.2, 0.25) is 0 Å². The standard InChI is InChI=1S/C25H24N4O5S/c1-17-9-10-19(15-23(17)35(31,32)28-18-11-13-21(33-2)14-12-18)26-25(30)24-22(34-3)16-29(27-24)20-7-5-4-6-8-20/h4-16,28H,1-3H3,(H,26,30). The Morgan fingerprint density at radius 2 is 1.60 bits per heavy atom. The van der Waals surface area contributed by atoms with Gasteiger partial charge in [-0.1, -0.05) is 24.3 Å². The second-order valence-electron chi connectivity index (χ2n) is 7.59. The first kappa shape index (κ1) is 23.8. The highest BCUT2D eigenvalue weighted by Gasteiger charge is 2.21. The highest BCUT2D eigenvalue weighted by Crippen LogP contribution is 2.26. The lowest BCUT2D eigenvalue weighted by Crippen LogP contribution is -2.17. The van der Waals surface area contributed by atoms with Crippen LogP contribution in [0.1, 0.15) is 16.1 Å². The van der Waals surface area contributed by atoms with E-state index in [2.05, 4.69) is 15.1 Å². The molecule has 0 unspecified atom stereocenters. The molecule has 0 spiro atoms. The van der Waals surface area contributed by atoms with Crippen LogP contribution in [0, 0.1) is 6.92 Å². The predicted octanol–water partition coefficient (Wildman–Crippen LogP) is 4.25. The lowest BCUT2D eigenvalue weighted by atomic mass is 10.2. The summed E-state index contributed by atoms with van der Waals surface area (Å²) in [6, 6.07) is 20.5. The zero-order valence-electron chi connectivity index (χ0n) is 19.3. The fourth-order valence-corrected chi connectivity index (χ4v) is 4.73. The molecule has 0 saturated carbocycles. The third kappa shape index (κ3) is 5.28. The van der Waals surface area contributed by atoms with Gasteiger partial charge in [-0.15, -0.1) is 0 Å². The van der Waals surface area contributed by atoms with Crippen LogP contribution in [0.25, 0.3) is 5.69 Å². The third-order valence-electron chi connectivity index (χ3n) is 5.21. The summed E-state index contributed by atoms with van der Waals surface area (Å²) in [5.74, 6) is 0.360.